The van der Waals surface area contributed by atoms with E-state index in [4.69, 9.17) is 4.74 Å². The number of halogens is 3. The highest BCUT2D eigenvalue weighted by molar-refractivity contribution is 5.96. The molecule has 36 heavy (non-hydrogen) atoms. The zero-order chi connectivity index (χ0) is 26.0. The van der Waals surface area contributed by atoms with Gasteiger partial charge in [0.15, 0.2) is 6.10 Å². The van der Waals surface area contributed by atoms with Crippen LogP contribution in [-0.2, 0) is 15.7 Å². The molecule has 1 aromatic carbocycles. The molecule has 0 saturated carbocycles. The Kier molecular flexibility index (Phi) is 7.04. The molecule has 1 atom stereocenters. The lowest BCUT2D eigenvalue weighted by Gasteiger charge is -2.35. The number of hydrogen-bond acceptors (Lipinski definition) is 6. The highest BCUT2D eigenvalue weighted by Gasteiger charge is 2.38. The standard InChI is InChI=1S/C24H26F3N5O4/c1-15(2)29-21(33)19-14-32(23(35)36-19)16-7-8-20(28-13-16)30-9-11-31(12-10-30)22(34)17-5-3-4-6-18(17)24(25,26)27/h3-8,13,15,19H,9-12,14H2,1-2H3,(H,29,33)/t19-/m1/s1. The van der Waals surface area contributed by atoms with Crippen LogP contribution in [0, 0.1) is 0 Å². The number of benzene rings is 1. The van der Waals surface area contributed by atoms with Gasteiger partial charge in [-0.2, -0.15) is 13.2 Å². The van der Waals surface area contributed by atoms with Crippen molar-refractivity contribution in [3.05, 3.63) is 53.7 Å². The Hall–Kier alpha value is -3.83. The van der Waals surface area contributed by atoms with Gasteiger partial charge in [-0.3, -0.25) is 14.5 Å². The second-order valence-electron chi connectivity index (χ2n) is 8.84. The number of nitrogens with zero attached hydrogens (tertiary/aromatic N) is 4. The normalized spacial score (nSPS) is 18.4. The van der Waals surface area contributed by atoms with Crippen molar-refractivity contribution in [3.8, 4) is 0 Å². The van der Waals surface area contributed by atoms with Gasteiger partial charge in [-0.25, -0.2) is 9.78 Å². The average molecular weight is 505 g/mol. The predicted octanol–water partition coefficient (Wildman–Crippen LogP) is 2.91. The molecular weight excluding hydrogens is 479 g/mol. The number of rotatable bonds is 5. The summed E-state index contributed by atoms with van der Waals surface area (Å²) in [4.78, 5) is 46.2. The summed E-state index contributed by atoms with van der Waals surface area (Å²) in [6, 6.07) is 8.09. The second-order valence-corrected chi connectivity index (χ2v) is 8.84. The molecule has 0 aliphatic carbocycles. The van der Waals surface area contributed by atoms with E-state index >= 15 is 0 Å². The first kappa shape index (κ1) is 25.3. The maximum Gasteiger partial charge on any atom is 0.417 e. The van der Waals surface area contributed by atoms with E-state index in [0.29, 0.717) is 24.6 Å². The smallest absolute Gasteiger partial charge is 0.417 e. The van der Waals surface area contributed by atoms with Gasteiger partial charge < -0.3 is 19.9 Å². The highest BCUT2D eigenvalue weighted by Crippen LogP contribution is 2.32. The Bertz CT molecular complexity index is 1130. The van der Waals surface area contributed by atoms with Crippen LogP contribution in [0.15, 0.2) is 42.6 Å². The number of hydrogen-bond donors (Lipinski definition) is 1. The van der Waals surface area contributed by atoms with E-state index in [1.54, 1.807) is 12.1 Å². The molecule has 3 heterocycles. The zero-order valence-corrected chi connectivity index (χ0v) is 19.8. The van der Waals surface area contributed by atoms with Crippen LogP contribution in [0.3, 0.4) is 0 Å². The van der Waals surface area contributed by atoms with Gasteiger partial charge in [0.2, 0.25) is 0 Å². The Morgan fingerprint density at radius 3 is 2.39 bits per heavy atom. The second kappa shape index (κ2) is 10.0. The number of cyclic esters (lactones) is 1. The zero-order valence-electron chi connectivity index (χ0n) is 19.8. The highest BCUT2D eigenvalue weighted by atomic mass is 19.4. The van der Waals surface area contributed by atoms with E-state index in [2.05, 4.69) is 10.3 Å². The summed E-state index contributed by atoms with van der Waals surface area (Å²) >= 11 is 0. The number of ether oxygens (including phenoxy) is 1. The van der Waals surface area contributed by atoms with Gasteiger partial charge >= 0.3 is 12.3 Å². The first-order valence-corrected chi connectivity index (χ1v) is 11.5. The summed E-state index contributed by atoms with van der Waals surface area (Å²) < 4.78 is 45.1. The number of piperazine rings is 1. The molecule has 0 unspecified atom stereocenters. The van der Waals surface area contributed by atoms with E-state index in [-0.39, 0.29) is 37.1 Å². The molecule has 2 aliphatic heterocycles. The molecule has 0 radical (unpaired) electrons. The fraction of sp³-hybridized carbons (Fsp3) is 0.417. The number of aromatic nitrogens is 1. The lowest BCUT2D eigenvalue weighted by Crippen LogP contribution is -2.49. The van der Waals surface area contributed by atoms with Crippen LogP contribution in [0.25, 0.3) is 0 Å². The first-order valence-electron chi connectivity index (χ1n) is 11.5. The molecule has 3 amide bonds. The Balaban J connectivity index is 1.37. The van der Waals surface area contributed by atoms with Crippen molar-refractivity contribution in [1.82, 2.24) is 15.2 Å². The topological polar surface area (TPSA) is 95.1 Å². The monoisotopic (exact) mass is 505 g/mol. The number of carbonyl (C=O) groups excluding carboxylic acids is 3. The van der Waals surface area contributed by atoms with Gasteiger partial charge in [-0.1, -0.05) is 12.1 Å². The SMILES string of the molecule is CC(C)NC(=O)[C@H]1CN(c2ccc(N3CCN(C(=O)c4ccccc4C(F)(F)F)CC3)nc2)C(=O)O1. The van der Waals surface area contributed by atoms with Crippen molar-refractivity contribution in [1.29, 1.82) is 0 Å². The van der Waals surface area contributed by atoms with Crippen LogP contribution in [0.2, 0.25) is 0 Å². The molecule has 0 bridgehead atoms. The van der Waals surface area contributed by atoms with Crippen LogP contribution >= 0.6 is 0 Å². The largest absolute Gasteiger partial charge is 0.434 e. The summed E-state index contributed by atoms with van der Waals surface area (Å²) in [6.45, 7) is 4.93. The summed E-state index contributed by atoms with van der Waals surface area (Å²) in [5.74, 6) is -0.423. The van der Waals surface area contributed by atoms with Crippen LogP contribution < -0.4 is 15.1 Å². The number of pyridine rings is 1. The van der Waals surface area contributed by atoms with Crippen molar-refractivity contribution in [3.63, 3.8) is 0 Å². The van der Waals surface area contributed by atoms with Crippen molar-refractivity contribution in [2.24, 2.45) is 0 Å². The summed E-state index contributed by atoms with van der Waals surface area (Å²) in [5, 5.41) is 2.71. The number of amides is 3. The minimum Gasteiger partial charge on any atom is -0.434 e. The third-order valence-corrected chi connectivity index (χ3v) is 5.93. The van der Waals surface area contributed by atoms with Crippen molar-refractivity contribution in [2.75, 3.05) is 42.5 Å². The van der Waals surface area contributed by atoms with E-state index in [1.165, 1.54) is 34.2 Å². The van der Waals surface area contributed by atoms with Gasteiger partial charge in [-0.05, 0) is 38.1 Å². The number of carbonyl (C=O) groups is 3. The van der Waals surface area contributed by atoms with E-state index < -0.39 is 29.8 Å². The van der Waals surface area contributed by atoms with E-state index in [0.717, 1.165) is 6.07 Å². The molecule has 2 aliphatic rings. The summed E-state index contributed by atoms with van der Waals surface area (Å²) in [6.07, 6.45) is -4.66. The number of nitrogens with one attached hydrogen (secondary N) is 1. The molecule has 12 heteroatoms. The molecule has 1 N–H and O–H groups in total. The van der Waals surface area contributed by atoms with Gasteiger partial charge in [0, 0.05) is 32.2 Å². The maximum atomic E-state index is 13.3. The first-order chi connectivity index (χ1) is 17.0. The third kappa shape index (κ3) is 5.37. The fourth-order valence-electron chi connectivity index (χ4n) is 4.14. The van der Waals surface area contributed by atoms with E-state index in [9.17, 15) is 27.6 Å². The fourth-order valence-corrected chi connectivity index (χ4v) is 4.14. The average Bonchev–Trinajstić information content (AvgIpc) is 3.24. The Labute approximate surface area is 205 Å². The number of anilines is 2. The molecule has 192 valence electrons. The molecule has 0 spiro atoms. The predicted molar refractivity (Wildman–Crippen MR) is 125 cm³/mol. The quantitative estimate of drug-likeness (QED) is 0.672. The maximum absolute atomic E-state index is 13.3. The summed E-state index contributed by atoms with van der Waals surface area (Å²) in [5.41, 5.74) is -0.834. The molecule has 2 saturated heterocycles. The van der Waals surface area contributed by atoms with Crippen LogP contribution in [0.5, 0.6) is 0 Å². The minimum absolute atomic E-state index is 0.0681. The minimum atomic E-state index is -4.61. The molecule has 2 aromatic rings. The van der Waals surface area contributed by atoms with Gasteiger partial charge in [-0.15, -0.1) is 0 Å². The molecule has 1 aromatic heterocycles. The van der Waals surface area contributed by atoms with Crippen LogP contribution in [-0.4, -0.2) is 72.7 Å². The van der Waals surface area contributed by atoms with Crippen molar-refractivity contribution in [2.45, 2.75) is 32.2 Å². The molecule has 2 fully saturated rings. The number of alkyl halides is 3. The van der Waals surface area contributed by atoms with Gasteiger partial charge in [0.05, 0.1) is 29.6 Å². The van der Waals surface area contributed by atoms with Crippen LogP contribution in [0.4, 0.5) is 29.5 Å². The lowest BCUT2D eigenvalue weighted by atomic mass is 10.1. The molecular formula is C24H26F3N5O4. The molecule has 4 rings (SSSR count). The van der Waals surface area contributed by atoms with Crippen molar-refractivity contribution < 1.29 is 32.3 Å². The Morgan fingerprint density at radius 2 is 1.78 bits per heavy atom. The third-order valence-electron chi connectivity index (χ3n) is 5.93. The lowest BCUT2D eigenvalue weighted by molar-refractivity contribution is -0.138. The van der Waals surface area contributed by atoms with Gasteiger partial charge in [0.25, 0.3) is 11.8 Å². The van der Waals surface area contributed by atoms with Crippen molar-refractivity contribution >= 4 is 29.4 Å². The summed E-state index contributed by atoms with van der Waals surface area (Å²) in [7, 11) is 0. The Morgan fingerprint density at radius 1 is 1.08 bits per heavy atom. The molecule has 9 nitrogen and oxygen atoms in total. The van der Waals surface area contributed by atoms with Gasteiger partial charge in [0.1, 0.15) is 5.82 Å². The van der Waals surface area contributed by atoms with E-state index in [1.807, 2.05) is 18.7 Å². The van der Waals surface area contributed by atoms with Crippen LogP contribution in [0.1, 0.15) is 29.8 Å².